The van der Waals surface area contributed by atoms with E-state index >= 15 is 0 Å². The van der Waals surface area contributed by atoms with Crippen LogP contribution in [0.25, 0.3) is 0 Å². The SMILES string of the molecule is CN(C)C1(c2ccccc2)CCC2(CC1)CN(CC(=O)O)C(O)N2CC1CCC1. The van der Waals surface area contributed by atoms with Crippen LogP contribution in [0.15, 0.2) is 30.3 Å². The standard InChI is InChI=1S/C23H35N3O3/c1-24(2)23(19-9-4-3-5-10-19)13-11-22(12-14-23)17-25(16-20(27)28)21(29)26(22)15-18-7-6-8-18/h3-5,9-10,18,21,29H,6-8,11-17H2,1-2H3,(H,27,28). The number of carbonyl (C=O) groups is 1. The molecule has 1 saturated heterocycles. The molecule has 0 radical (unpaired) electrons. The zero-order chi connectivity index (χ0) is 20.6. The van der Waals surface area contributed by atoms with Crippen molar-refractivity contribution in [2.45, 2.75) is 62.4 Å². The molecule has 1 atom stereocenters. The summed E-state index contributed by atoms with van der Waals surface area (Å²) < 4.78 is 0. The molecule has 2 N–H and O–H groups in total. The van der Waals surface area contributed by atoms with Crippen molar-refractivity contribution in [2.24, 2.45) is 5.92 Å². The number of hydrogen-bond acceptors (Lipinski definition) is 5. The van der Waals surface area contributed by atoms with E-state index in [2.05, 4.69) is 54.2 Å². The molecule has 4 rings (SSSR count). The third-order valence-corrected chi connectivity index (χ3v) is 7.91. The molecule has 160 valence electrons. The van der Waals surface area contributed by atoms with Gasteiger partial charge in [0, 0.05) is 24.2 Å². The first-order chi connectivity index (χ1) is 13.9. The summed E-state index contributed by atoms with van der Waals surface area (Å²) >= 11 is 0. The maximum absolute atomic E-state index is 11.4. The maximum Gasteiger partial charge on any atom is 0.317 e. The molecule has 6 heteroatoms. The largest absolute Gasteiger partial charge is 0.480 e. The second-order valence-corrected chi connectivity index (χ2v) is 9.61. The van der Waals surface area contributed by atoms with E-state index in [0.29, 0.717) is 12.5 Å². The van der Waals surface area contributed by atoms with Gasteiger partial charge in [-0.1, -0.05) is 36.8 Å². The molecule has 0 bridgehead atoms. The van der Waals surface area contributed by atoms with E-state index in [1.165, 1.54) is 24.8 Å². The molecular weight excluding hydrogens is 366 g/mol. The van der Waals surface area contributed by atoms with Gasteiger partial charge < -0.3 is 10.2 Å². The molecule has 1 heterocycles. The second kappa shape index (κ2) is 7.99. The number of benzene rings is 1. The van der Waals surface area contributed by atoms with Crippen molar-refractivity contribution in [2.75, 3.05) is 33.7 Å². The van der Waals surface area contributed by atoms with E-state index in [-0.39, 0.29) is 17.6 Å². The molecule has 1 aliphatic heterocycles. The Balaban J connectivity index is 1.58. The van der Waals surface area contributed by atoms with Crippen molar-refractivity contribution in [3.05, 3.63) is 35.9 Å². The van der Waals surface area contributed by atoms with Crippen molar-refractivity contribution in [3.8, 4) is 0 Å². The lowest BCUT2D eigenvalue weighted by Gasteiger charge is -2.52. The van der Waals surface area contributed by atoms with Crippen LogP contribution < -0.4 is 0 Å². The number of aliphatic hydroxyl groups is 1. The molecule has 2 aliphatic carbocycles. The van der Waals surface area contributed by atoms with Gasteiger partial charge in [-0.2, -0.15) is 0 Å². The molecule has 0 aromatic heterocycles. The van der Waals surface area contributed by atoms with Crippen LogP contribution in [-0.4, -0.2) is 76.5 Å². The van der Waals surface area contributed by atoms with Gasteiger partial charge in [-0.15, -0.1) is 0 Å². The van der Waals surface area contributed by atoms with Crippen molar-refractivity contribution in [1.82, 2.24) is 14.7 Å². The number of nitrogens with zero attached hydrogens (tertiary/aromatic N) is 3. The average Bonchev–Trinajstić information content (AvgIpc) is 2.90. The first-order valence-corrected chi connectivity index (χ1v) is 11.0. The van der Waals surface area contributed by atoms with E-state index in [1.54, 1.807) is 4.90 Å². The van der Waals surface area contributed by atoms with Crippen LogP contribution in [0.4, 0.5) is 0 Å². The third-order valence-electron chi connectivity index (χ3n) is 7.91. The normalized spacial score (nSPS) is 34.0. The van der Waals surface area contributed by atoms with Crippen molar-refractivity contribution < 1.29 is 15.0 Å². The predicted octanol–water partition coefficient (Wildman–Crippen LogP) is 2.53. The Kier molecular flexibility index (Phi) is 5.73. The Hall–Kier alpha value is -1.47. The first kappa shape index (κ1) is 20.8. The smallest absolute Gasteiger partial charge is 0.317 e. The summed E-state index contributed by atoms with van der Waals surface area (Å²) in [7, 11) is 4.33. The van der Waals surface area contributed by atoms with Crippen molar-refractivity contribution >= 4 is 5.97 Å². The summed E-state index contributed by atoms with van der Waals surface area (Å²) in [6.07, 6.45) is 6.92. The minimum absolute atomic E-state index is 0.000179. The van der Waals surface area contributed by atoms with Crippen LogP contribution in [0.5, 0.6) is 0 Å². The fraction of sp³-hybridized carbons (Fsp3) is 0.696. The van der Waals surface area contributed by atoms with Gasteiger partial charge in [0.15, 0.2) is 6.35 Å². The van der Waals surface area contributed by atoms with Gasteiger partial charge >= 0.3 is 5.97 Å². The second-order valence-electron chi connectivity index (χ2n) is 9.61. The number of aliphatic hydroxyl groups excluding tert-OH is 1. The monoisotopic (exact) mass is 401 g/mol. The van der Waals surface area contributed by atoms with Crippen molar-refractivity contribution in [3.63, 3.8) is 0 Å². The van der Waals surface area contributed by atoms with Crippen LogP contribution in [0.3, 0.4) is 0 Å². The van der Waals surface area contributed by atoms with Crippen LogP contribution in [0.2, 0.25) is 0 Å². The molecule has 1 unspecified atom stereocenters. The van der Waals surface area contributed by atoms with Gasteiger partial charge in [-0.3, -0.25) is 19.5 Å². The number of rotatable bonds is 6. The van der Waals surface area contributed by atoms with E-state index in [4.69, 9.17) is 0 Å². The summed E-state index contributed by atoms with van der Waals surface area (Å²) in [4.78, 5) is 17.7. The van der Waals surface area contributed by atoms with Crippen LogP contribution in [0.1, 0.15) is 50.5 Å². The zero-order valence-electron chi connectivity index (χ0n) is 17.8. The number of carboxylic acids is 1. The van der Waals surface area contributed by atoms with Gasteiger partial charge in [-0.25, -0.2) is 0 Å². The van der Waals surface area contributed by atoms with Crippen molar-refractivity contribution in [1.29, 1.82) is 0 Å². The molecule has 1 spiro atoms. The van der Waals surface area contributed by atoms with Gasteiger partial charge in [0.05, 0.1) is 6.54 Å². The third kappa shape index (κ3) is 3.72. The Morgan fingerprint density at radius 1 is 1.14 bits per heavy atom. The molecule has 6 nitrogen and oxygen atoms in total. The van der Waals surface area contributed by atoms with E-state index in [0.717, 1.165) is 32.2 Å². The summed E-state index contributed by atoms with van der Waals surface area (Å²) in [5.74, 6) is -0.228. The molecule has 3 aliphatic rings. The van der Waals surface area contributed by atoms with Gasteiger partial charge in [0.25, 0.3) is 0 Å². The lowest BCUT2D eigenvalue weighted by molar-refractivity contribution is -0.144. The van der Waals surface area contributed by atoms with Gasteiger partial charge in [-0.05, 0) is 64.1 Å². The average molecular weight is 402 g/mol. The first-order valence-electron chi connectivity index (χ1n) is 11.0. The zero-order valence-corrected chi connectivity index (χ0v) is 17.8. The summed E-state index contributed by atoms with van der Waals surface area (Å²) in [6, 6.07) is 10.7. The molecule has 29 heavy (non-hydrogen) atoms. The highest BCUT2D eigenvalue weighted by Crippen LogP contribution is 2.50. The Morgan fingerprint density at radius 2 is 1.79 bits per heavy atom. The topological polar surface area (TPSA) is 67.2 Å². The predicted molar refractivity (Wildman–Crippen MR) is 112 cm³/mol. The minimum atomic E-state index is -0.868. The Bertz CT molecular complexity index is 711. The number of hydrogen-bond donors (Lipinski definition) is 2. The molecule has 3 fully saturated rings. The number of carboxylic acid groups (broad SMARTS) is 1. The molecular formula is C23H35N3O3. The molecule has 2 saturated carbocycles. The Labute approximate surface area is 174 Å². The lowest BCUT2D eigenvalue weighted by atomic mass is 9.68. The molecule has 0 amide bonds. The molecule has 1 aromatic carbocycles. The summed E-state index contributed by atoms with van der Waals surface area (Å²) in [5, 5.41) is 20.3. The maximum atomic E-state index is 11.4. The number of aliphatic carboxylic acids is 1. The lowest BCUT2D eigenvalue weighted by Crippen LogP contribution is -2.57. The fourth-order valence-electron chi connectivity index (χ4n) is 5.86. The van der Waals surface area contributed by atoms with Gasteiger partial charge in [0.1, 0.15) is 0 Å². The van der Waals surface area contributed by atoms with E-state index < -0.39 is 12.3 Å². The van der Waals surface area contributed by atoms with Crippen LogP contribution in [-0.2, 0) is 10.3 Å². The highest BCUT2D eigenvalue weighted by atomic mass is 16.4. The summed E-state index contributed by atoms with van der Waals surface area (Å²) in [5.41, 5.74) is 1.23. The minimum Gasteiger partial charge on any atom is -0.480 e. The highest BCUT2D eigenvalue weighted by Gasteiger charge is 2.55. The fourth-order valence-corrected chi connectivity index (χ4v) is 5.86. The quantitative estimate of drug-likeness (QED) is 0.764. The van der Waals surface area contributed by atoms with Gasteiger partial charge in [0.2, 0.25) is 0 Å². The van der Waals surface area contributed by atoms with E-state index in [1.807, 2.05) is 0 Å². The molecule has 1 aromatic rings. The summed E-state index contributed by atoms with van der Waals surface area (Å²) in [6.45, 7) is 1.44. The van der Waals surface area contributed by atoms with E-state index in [9.17, 15) is 15.0 Å². The highest BCUT2D eigenvalue weighted by molar-refractivity contribution is 5.69. The Morgan fingerprint density at radius 3 is 2.31 bits per heavy atom. The van der Waals surface area contributed by atoms with Crippen LogP contribution in [0, 0.1) is 5.92 Å². The van der Waals surface area contributed by atoms with Crippen LogP contribution >= 0.6 is 0 Å².